The zero-order valence-electron chi connectivity index (χ0n) is 7.35. The van der Waals surface area contributed by atoms with Gasteiger partial charge in [-0.2, -0.15) is 0 Å². The zero-order valence-corrected chi connectivity index (χ0v) is 9.75. The summed E-state index contributed by atoms with van der Waals surface area (Å²) >= 11 is 3.50. The molecule has 0 atom stereocenters. The van der Waals surface area contributed by atoms with Crippen LogP contribution < -0.4 is 5.32 Å². The molecule has 0 fully saturated rings. The summed E-state index contributed by atoms with van der Waals surface area (Å²) < 4.78 is 1.20. The molecule has 13 heavy (non-hydrogen) atoms. The monoisotopic (exact) mass is 261 g/mol. The molecule has 0 saturated heterocycles. The Labute approximate surface area is 93.5 Å². The average molecular weight is 263 g/mol. The fraction of sp³-hybridized carbons (Fsp3) is 0.400. The van der Waals surface area contributed by atoms with Crippen LogP contribution in [0.5, 0.6) is 0 Å². The molecule has 1 aliphatic heterocycles. The lowest BCUT2D eigenvalue weighted by Crippen LogP contribution is -2.16. The predicted octanol–water partition coefficient (Wildman–Crippen LogP) is 2.56. The maximum Gasteiger partial charge on any atom is 0.0178 e. The van der Waals surface area contributed by atoms with Gasteiger partial charge < -0.3 is 5.32 Å². The van der Waals surface area contributed by atoms with Gasteiger partial charge in [0, 0.05) is 4.47 Å². The molecular formula is C10H13BrClN. The van der Waals surface area contributed by atoms with Gasteiger partial charge in [-0.15, -0.1) is 12.4 Å². The second-order valence-electron chi connectivity index (χ2n) is 3.16. The maximum absolute atomic E-state index is 3.50. The number of rotatable bonds is 0. The first kappa shape index (κ1) is 11.0. The Balaban J connectivity index is 0.000000845. The molecule has 72 valence electrons. The van der Waals surface area contributed by atoms with E-state index in [1.54, 1.807) is 0 Å². The predicted molar refractivity (Wildman–Crippen MR) is 61.7 cm³/mol. The van der Waals surface area contributed by atoms with Crippen molar-refractivity contribution in [1.82, 2.24) is 5.32 Å². The van der Waals surface area contributed by atoms with E-state index in [0.717, 1.165) is 19.5 Å². The van der Waals surface area contributed by atoms with E-state index in [1.807, 2.05) is 0 Å². The fourth-order valence-electron chi connectivity index (χ4n) is 1.64. The first-order chi connectivity index (χ1) is 5.86. The summed E-state index contributed by atoms with van der Waals surface area (Å²) in [5, 5.41) is 3.40. The van der Waals surface area contributed by atoms with E-state index in [-0.39, 0.29) is 12.4 Å². The van der Waals surface area contributed by atoms with Crippen LogP contribution in [0, 0.1) is 0 Å². The Morgan fingerprint density at radius 3 is 2.54 bits per heavy atom. The van der Waals surface area contributed by atoms with Crippen molar-refractivity contribution in [1.29, 1.82) is 0 Å². The SMILES string of the molecule is Brc1ccc2c(c1)CCNCC2.Cl. The van der Waals surface area contributed by atoms with E-state index in [0.29, 0.717) is 0 Å². The molecule has 1 nitrogen and oxygen atoms in total. The summed E-state index contributed by atoms with van der Waals surface area (Å²) in [5.41, 5.74) is 3.00. The summed E-state index contributed by atoms with van der Waals surface area (Å²) in [6.45, 7) is 2.23. The van der Waals surface area contributed by atoms with Crippen molar-refractivity contribution in [2.45, 2.75) is 12.8 Å². The number of hydrogen-bond acceptors (Lipinski definition) is 1. The second kappa shape index (κ2) is 4.99. The number of nitrogens with one attached hydrogen (secondary N) is 1. The van der Waals surface area contributed by atoms with Crippen LogP contribution in [0.1, 0.15) is 11.1 Å². The van der Waals surface area contributed by atoms with Crippen molar-refractivity contribution in [3.05, 3.63) is 33.8 Å². The van der Waals surface area contributed by atoms with Crippen molar-refractivity contribution in [2.24, 2.45) is 0 Å². The van der Waals surface area contributed by atoms with E-state index >= 15 is 0 Å². The molecule has 0 aliphatic carbocycles. The molecule has 1 aromatic rings. The van der Waals surface area contributed by atoms with Gasteiger partial charge in [0.25, 0.3) is 0 Å². The minimum Gasteiger partial charge on any atom is -0.316 e. The first-order valence-corrected chi connectivity index (χ1v) is 5.13. The largest absolute Gasteiger partial charge is 0.316 e. The van der Waals surface area contributed by atoms with Crippen LogP contribution in [-0.4, -0.2) is 13.1 Å². The minimum atomic E-state index is 0. The van der Waals surface area contributed by atoms with Crippen LogP contribution in [0.3, 0.4) is 0 Å². The topological polar surface area (TPSA) is 12.0 Å². The molecule has 0 radical (unpaired) electrons. The highest BCUT2D eigenvalue weighted by molar-refractivity contribution is 9.10. The quantitative estimate of drug-likeness (QED) is 0.758. The standard InChI is InChI=1S/C10H12BrN.ClH/c11-10-2-1-8-3-5-12-6-4-9(8)7-10;/h1-2,7,12H,3-6H2;1H. The molecule has 1 N–H and O–H groups in total. The second-order valence-corrected chi connectivity index (χ2v) is 4.08. The van der Waals surface area contributed by atoms with Gasteiger partial charge >= 0.3 is 0 Å². The van der Waals surface area contributed by atoms with Gasteiger partial charge in [0.1, 0.15) is 0 Å². The zero-order chi connectivity index (χ0) is 8.39. The number of halogens is 2. The number of benzene rings is 1. The van der Waals surface area contributed by atoms with E-state index in [1.165, 1.54) is 22.0 Å². The highest BCUT2D eigenvalue weighted by Gasteiger charge is 2.06. The van der Waals surface area contributed by atoms with E-state index in [9.17, 15) is 0 Å². The Bertz CT molecular complexity index is 288. The lowest BCUT2D eigenvalue weighted by atomic mass is 10.0. The van der Waals surface area contributed by atoms with Crippen LogP contribution >= 0.6 is 28.3 Å². The van der Waals surface area contributed by atoms with Crippen LogP contribution in [-0.2, 0) is 12.8 Å². The number of fused-ring (bicyclic) bond motifs is 1. The molecule has 1 aromatic carbocycles. The molecule has 0 spiro atoms. The van der Waals surface area contributed by atoms with Gasteiger partial charge in [-0.3, -0.25) is 0 Å². The third-order valence-corrected chi connectivity index (χ3v) is 2.80. The summed E-state index contributed by atoms with van der Waals surface area (Å²) in [6.07, 6.45) is 2.33. The van der Waals surface area contributed by atoms with Crippen molar-refractivity contribution < 1.29 is 0 Å². The minimum absolute atomic E-state index is 0. The van der Waals surface area contributed by atoms with Crippen LogP contribution in [0.4, 0.5) is 0 Å². The molecule has 0 aromatic heterocycles. The Morgan fingerprint density at radius 2 is 1.77 bits per heavy atom. The first-order valence-electron chi connectivity index (χ1n) is 4.34. The lowest BCUT2D eigenvalue weighted by Gasteiger charge is -2.04. The van der Waals surface area contributed by atoms with Crippen LogP contribution in [0.15, 0.2) is 22.7 Å². The summed E-state index contributed by atoms with van der Waals surface area (Å²) in [6, 6.07) is 6.60. The van der Waals surface area contributed by atoms with Crippen molar-refractivity contribution in [3.63, 3.8) is 0 Å². The third-order valence-electron chi connectivity index (χ3n) is 2.31. The van der Waals surface area contributed by atoms with E-state index in [4.69, 9.17) is 0 Å². The molecule has 2 rings (SSSR count). The molecule has 0 bridgehead atoms. The van der Waals surface area contributed by atoms with Gasteiger partial charge in [0.2, 0.25) is 0 Å². The van der Waals surface area contributed by atoms with Gasteiger partial charge in [-0.1, -0.05) is 22.0 Å². The van der Waals surface area contributed by atoms with E-state index in [2.05, 4.69) is 39.4 Å². The van der Waals surface area contributed by atoms with Gasteiger partial charge in [-0.25, -0.2) is 0 Å². The molecule has 0 saturated carbocycles. The molecular weight excluding hydrogens is 249 g/mol. The van der Waals surface area contributed by atoms with Gasteiger partial charge in [-0.05, 0) is 49.2 Å². The molecule has 1 heterocycles. The van der Waals surface area contributed by atoms with Gasteiger partial charge in [0.05, 0.1) is 0 Å². The summed E-state index contributed by atoms with van der Waals surface area (Å²) in [4.78, 5) is 0. The summed E-state index contributed by atoms with van der Waals surface area (Å²) in [5.74, 6) is 0. The molecule has 1 aliphatic rings. The van der Waals surface area contributed by atoms with Crippen LogP contribution in [0.2, 0.25) is 0 Å². The Hall–Kier alpha value is -0.0500. The third kappa shape index (κ3) is 2.70. The molecule has 0 unspecified atom stereocenters. The molecule has 3 heteroatoms. The highest BCUT2D eigenvalue weighted by Crippen LogP contribution is 2.18. The number of hydrogen-bond donors (Lipinski definition) is 1. The smallest absolute Gasteiger partial charge is 0.0178 e. The average Bonchev–Trinajstić information content (AvgIpc) is 2.28. The van der Waals surface area contributed by atoms with Gasteiger partial charge in [0.15, 0.2) is 0 Å². The Morgan fingerprint density at radius 1 is 1.08 bits per heavy atom. The maximum atomic E-state index is 3.50. The van der Waals surface area contributed by atoms with Crippen molar-refractivity contribution in [2.75, 3.05) is 13.1 Å². The molecule has 0 amide bonds. The summed E-state index contributed by atoms with van der Waals surface area (Å²) in [7, 11) is 0. The van der Waals surface area contributed by atoms with Crippen molar-refractivity contribution >= 4 is 28.3 Å². The highest BCUT2D eigenvalue weighted by atomic mass is 79.9. The van der Waals surface area contributed by atoms with Crippen LogP contribution in [0.25, 0.3) is 0 Å². The lowest BCUT2D eigenvalue weighted by molar-refractivity contribution is 0.711. The Kier molecular flexibility index (Phi) is 4.23. The van der Waals surface area contributed by atoms with Crippen molar-refractivity contribution in [3.8, 4) is 0 Å². The fourth-order valence-corrected chi connectivity index (χ4v) is 2.05. The normalized spacial score (nSPS) is 15.5. The van der Waals surface area contributed by atoms with E-state index < -0.39 is 0 Å².